The molecule has 1 unspecified atom stereocenters. The first-order valence-corrected chi connectivity index (χ1v) is 6.47. The third-order valence-electron chi connectivity index (χ3n) is 2.25. The molecule has 0 fully saturated rings. The van der Waals surface area contributed by atoms with Gasteiger partial charge in [-0.05, 0) is 17.7 Å². The van der Waals surface area contributed by atoms with Crippen LogP contribution in [-0.2, 0) is 0 Å². The fraction of sp³-hybridized carbons (Fsp3) is 0.0833. The topological polar surface area (TPSA) is 53.8 Å². The molecular formula is C12H7BrN2OS. The van der Waals surface area contributed by atoms with E-state index in [0.29, 0.717) is 10.4 Å². The lowest BCUT2D eigenvalue weighted by atomic mass is 9.96. The minimum Gasteiger partial charge on any atom is -0.291 e. The van der Waals surface area contributed by atoms with Crippen LogP contribution in [0.4, 0.5) is 0 Å². The van der Waals surface area contributed by atoms with Gasteiger partial charge in [-0.2, -0.15) is 5.26 Å². The summed E-state index contributed by atoms with van der Waals surface area (Å²) in [5.74, 6) is -0.971. The van der Waals surface area contributed by atoms with E-state index in [1.807, 2.05) is 18.2 Å². The van der Waals surface area contributed by atoms with Gasteiger partial charge in [-0.1, -0.05) is 28.1 Å². The zero-order valence-electron chi connectivity index (χ0n) is 8.63. The number of hydrogen-bond donors (Lipinski definition) is 0. The summed E-state index contributed by atoms with van der Waals surface area (Å²) in [6, 6.07) is 9.27. The van der Waals surface area contributed by atoms with Gasteiger partial charge in [-0.25, -0.2) is 0 Å². The third kappa shape index (κ3) is 2.60. The van der Waals surface area contributed by atoms with E-state index in [9.17, 15) is 4.79 Å². The molecule has 3 nitrogen and oxygen atoms in total. The van der Waals surface area contributed by atoms with Crippen molar-refractivity contribution in [3.63, 3.8) is 0 Å². The number of aromatic nitrogens is 1. The van der Waals surface area contributed by atoms with Crippen LogP contribution in [0.15, 0.2) is 40.4 Å². The molecule has 2 aromatic rings. The maximum absolute atomic E-state index is 12.1. The number of halogens is 1. The summed E-state index contributed by atoms with van der Waals surface area (Å²) in [5, 5.41) is 9.14. The van der Waals surface area contributed by atoms with Crippen molar-refractivity contribution < 1.29 is 4.79 Å². The van der Waals surface area contributed by atoms with Crippen LogP contribution in [0.2, 0.25) is 0 Å². The number of rotatable bonds is 3. The standard InChI is InChI=1S/C12H7BrN2OS/c13-9-3-1-2-8(4-9)10(5-14)12(16)11-6-15-7-17-11/h1-4,6-7,10H. The van der Waals surface area contributed by atoms with E-state index in [1.54, 1.807) is 17.6 Å². The Balaban J connectivity index is 2.35. The number of carbonyl (C=O) groups is 1. The van der Waals surface area contributed by atoms with Gasteiger partial charge in [0.2, 0.25) is 0 Å². The highest BCUT2D eigenvalue weighted by atomic mass is 79.9. The van der Waals surface area contributed by atoms with Crippen LogP contribution in [0.5, 0.6) is 0 Å². The Hall–Kier alpha value is -1.51. The van der Waals surface area contributed by atoms with Crippen molar-refractivity contribution in [2.45, 2.75) is 5.92 Å². The van der Waals surface area contributed by atoms with Crippen molar-refractivity contribution in [3.8, 4) is 6.07 Å². The van der Waals surface area contributed by atoms with Gasteiger partial charge in [0.05, 0.1) is 16.5 Å². The number of Topliss-reactive ketones (excluding diaryl/α,β-unsaturated/α-hetero) is 1. The van der Waals surface area contributed by atoms with Crippen molar-refractivity contribution >= 4 is 33.0 Å². The average Bonchev–Trinajstić information content (AvgIpc) is 2.83. The van der Waals surface area contributed by atoms with Gasteiger partial charge in [0.1, 0.15) is 5.92 Å². The van der Waals surface area contributed by atoms with Crippen molar-refractivity contribution in [3.05, 3.63) is 50.9 Å². The lowest BCUT2D eigenvalue weighted by molar-refractivity contribution is 0.0982. The zero-order valence-corrected chi connectivity index (χ0v) is 11.0. The molecule has 0 aliphatic rings. The molecule has 1 aromatic heterocycles. The van der Waals surface area contributed by atoms with Crippen molar-refractivity contribution in [1.82, 2.24) is 4.98 Å². The van der Waals surface area contributed by atoms with Crippen LogP contribution in [0.25, 0.3) is 0 Å². The summed E-state index contributed by atoms with van der Waals surface area (Å²) in [6.45, 7) is 0. The Bertz CT molecular complexity index is 574. The van der Waals surface area contributed by atoms with Crippen LogP contribution in [0.3, 0.4) is 0 Å². The number of nitriles is 1. The highest BCUT2D eigenvalue weighted by molar-refractivity contribution is 9.10. The third-order valence-corrected chi connectivity index (χ3v) is 3.53. The smallest absolute Gasteiger partial charge is 0.195 e. The number of benzene rings is 1. The first-order chi connectivity index (χ1) is 8.22. The monoisotopic (exact) mass is 306 g/mol. The fourth-order valence-corrected chi connectivity index (χ4v) is 2.46. The Morgan fingerprint density at radius 3 is 2.94 bits per heavy atom. The van der Waals surface area contributed by atoms with E-state index in [4.69, 9.17) is 5.26 Å². The number of thiazole rings is 1. The molecule has 1 heterocycles. The maximum atomic E-state index is 12.1. The minimum absolute atomic E-state index is 0.201. The summed E-state index contributed by atoms with van der Waals surface area (Å²) in [4.78, 5) is 16.4. The van der Waals surface area contributed by atoms with E-state index < -0.39 is 5.92 Å². The highest BCUT2D eigenvalue weighted by Gasteiger charge is 2.22. The zero-order chi connectivity index (χ0) is 12.3. The molecule has 0 N–H and O–H groups in total. The van der Waals surface area contributed by atoms with Crippen LogP contribution in [-0.4, -0.2) is 10.8 Å². The predicted octanol–water partition coefficient (Wildman–Crippen LogP) is 3.40. The predicted molar refractivity (Wildman–Crippen MR) is 68.9 cm³/mol. The lowest BCUT2D eigenvalue weighted by Gasteiger charge is -2.07. The molecule has 17 heavy (non-hydrogen) atoms. The molecule has 1 aromatic carbocycles. The molecule has 0 saturated carbocycles. The molecule has 5 heteroatoms. The van der Waals surface area contributed by atoms with E-state index in [2.05, 4.69) is 20.9 Å². The van der Waals surface area contributed by atoms with E-state index in [0.717, 1.165) is 4.47 Å². The van der Waals surface area contributed by atoms with Gasteiger partial charge in [-0.3, -0.25) is 9.78 Å². The maximum Gasteiger partial charge on any atom is 0.195 e. The highest BCUT2D eigenvalue weighted by Crippen LogP contribution is 2.24. The summed E-state index contributed by atoms with van der Waals surface area (Å²) in [5.41, 5.74) is 2.28. The first kappa shape index (κ1) is 12.0. The average molecular weight is 307 g/mol. The van der Waals surface area contributed by atoms with Gasteiger partial charge >= 0.3 is 0 Å². The molecule has 0 aliphatic carbocycles. The summed E-state index contributed by atoms with van der Waals surface area (Å²) in [7, 11) is 0. The molecular weight excluding hydrogens is 300 g/mol. The minimum atomic E-state index is -0.770. The molecule has 0 aliphatic heterocycles. The van der Waals surface area contributed by atoms with Crippen molar-refractivity contribution in [2.24, 2.45) is 0 Å². The summed E-state index contributed by atoms with van der Waals surface area (Å²) in [6.07, 6.45) is 1.50. The second-order valence-electron chi connectivity index (χ2n) is 3.35. The SMILES string of the molecule is N#CC(C(=O)c1cncs1)c1cccc(Br)c1. The Kier molecular flexibility index (Phi) is 3.67. The van der Waals surface area contributed by atoms with Gasteiger partial charge < -0.3 is 0 Å². The first-order valence-electron chi connectivity index (χ1n) is 4.80. The van der Waals surface area contributed by atoms with Crippen LogP contribution in [0, 0.1) is 11.3 Å². The Morgan fingerprint density at radius 1 is 1.53 bits per heavy atom. The van der Waals surface area contributed by atoms with Gasteiger partial charge in [0.15, 0.2) is 5.78 Å². The van der Waals surface area contributed by atoms with Gasteiger partial charge in [-0.15, -0.1) is 11.3 Å². The number of ketones is 1. The van der Waals surface area contributed by atoms with E-state index in [1.165, 1.54) is 17.5 Å². The van der Waals surface area contributed by atoms with Gasteiger partial charge in [0, 0.05) is 10.7 Å². The Morgan fingerprint density at radius 2 is 2.35 bits per heavy atom. The van der Waals surface area contributed by atoms with Crippen molar-refractivity contribution in [2.75, 3.05) is 0 Å². The quantitative estimate of drug-likeness (QED) is 0.817. The largest absolute Gasteiger partial charge is 0.291 e. The molecule has 84 valence electrons. The second-order valence-corrected chi connectivity index (χ2v) is 5.15. The van der Waals surface area contributed by atoms with Crippen molar-refractivity contribution in [1.29, 1.82) is 5.26 Å². The molecule has 2 rings (SSSR count). The molecule has 1 atom stereocenters. The molecule has 0 amide bonds. The second kappa shape index (κ2) is 5.21. The number of carbonyl (C=O) groups excluding carboxylic acids is 1. The normalized spacial score (nSPS) is 11.8. The molecule has 0 radical (unpaired) electrons. The van der Waals surface area contributed by atoms with E-state index in [-0.39, 0.29) is 5.78 Å². The van der Waals surface area contributed by atoms with Crippen LogP contribution in [0.1, 0.15) is 21.2 Å². The summed E-state index contributed by atoms with van der Waals surface area (Å²) >= 11 is 4.58. The lowest BCUT2D eigenvalue weighted by Crippen LogP contribution is -2.09. The summed E-state index contributed by atoms with van der Waals surface area (Å²) < 4.78 is 0.854. The van der Waals surface area contributed by atoms with Crippen LogP contribution >= 0.6 is 27.3 Å². The van der Waals surface area contributed by atoms with Crippen LogP contribution < -0.4 is 0 Å². The number of nitrogens with zero attached hydrogens (tertiary/aromatic N) is 2. The Labute approximate surface area is 111 Å². The fourth-order valence-electron chi connectivity index (χ4n) is 1.45. The molecule has 0 saturated heterocycles. The van der Waals surface area contributed by atoms with Gasteiger partial charge in [0.25, 0.3) is 0 Å². The number of hydrogen-bond acceptors (Lipinski definition) is 4. The van der Waals surface area contributed by atoms with E-state index >= 15 is 0 Å². The molecule has 0 spiro atoms. The molecule has 0 bridgehead atoms.